The number of alkyl halides is 3. The summed E-state index contributed by atoms with van der Waals surface area (Å²) in [4.78, 5) is 13.2. The Morgan fingerprint density at radius 2 is 2.15 bits per heavy atom. The maximum Gasteiger partial charge on any atom is 0.573 e. The predicted molar refractivity (Wildman–Crippen MR) is 75.1 cm³/mol. The van der Waals surface area contributed by atoms with Crippen molar-refractivity contribution in [1.82, 2.24) is 0 Å². The minimum absolute atomic E-state index is 0.0354. The van der Waals surface area contributed by atoms with Crippen molar-refractivity contribution in [2.45, 2.75) is 12.8 Å². The molecule has 20 heavy (non-hydrogen) atoms. The smallest absolute Gasteiger partial charge is 0.404 e. The lowest BCUT2D eigenvalue weighted by Gasteiger charge is -2.21. The van der Waals surface area contributed by atoms with Gasteiger partial charge in [0.2, 0.25) is 5.91 Å². The Kier molecular flexibility index (Phi) is 4.53. The Bertz CT molecular complexity index is 524. The molecular weight excluding hydrogens is 359 g/mol. The number of carbonyl (C=O) groups excluding carboxylic acids is 1. The second kappa shape index (κ2) is 5.85. The quantitative estimate of drug-likeness (QED) is 0.824. The van der Waals surface area contributed by atoms with Crippen LogP contribution in [0.25, 0.3) is 0 Å². The largest absolute Gasteiger partial charge is 0.573 e. The van der Waals surface area contributed by atoms with Gasteiger partial charge in [-0.3, -0.25) is 4.79 Å². The van der Waals surface area contributed by atoms with Crippen LogP contribution in [0.1, 0.15) is 6.42 Å². The molecule has 0 N–H and O–H groups in total. The van der Waals surface area contributed by atoms with Gasteiger partial charge in [-0.1, -0.05) is 15.9 Å². The first-order valence-corrected chi connectivity index (χ1v) is 7.19. The van der Waals surface area contributed by atoms with E-state index in [9.17, 15) is 18.0 Å². The predicted octanol–water partition coefficient (Wildman–Crippen LogP) is 3.63. The van der Waals surface area contributed by atoms with Gasteiger partial charge in [0.15, 0.2) is 5.75 Å². The van der Waals surface area contributed by atoms with Gasteiger partial charge in [0.1, 0.15) is 0 Å². The van der Waals surface area contributed by atoms with Crippen LogP contribution in [0, 0.1) is 5.92 Å². The molecule has 0 aromatic heterocycles. The van der Waals surface area contributed by atoms with Gasteiger partial charge in [0, 0.05) is 17.4 Å². The zero-order valence-electron chi connectivity index (χ0n) is 10.2. The van der Waals surface area contributed by atoms with Crippen molar-refractivity contribution in [3.63, 3.8) is 0 Å². The second-order valence-electron chi connectivity index (χ2n) is 4.42. The summed E-state index contributed by atoms with van der Waals surface area (Å²) in [5.41, 5.74) is 0.125. The van der Waals surface area contributed by atoms with Crippen molar-refractivity contribution in [3.05, 3.63) is 22.7 Å². The van der Waals surface area contributed by atoms with E-state index in [4.69, 9.17) is 0 Å². The molecule has 1 heterocycles. The Morgan fingerprint density at radius 1 is 1.45 bits per heavy atom. The number of ether oxygens (including phenoxy) is 1. The summed E-state index contributed by atoms with van der Waals surface area (Å²) in [5, 5.41) is 0. The number of thiol groups is 1. The van der Waals surface area contributed by atoms with Crippen LogP contribution in [-0.2, 0) is 4.79 Å². The topological polar surface area (TPSA) is 29.5 Å². The molecule has 0 spiro atoms. The average molecular weight is 370 g/mol. The summed E-state index contributed by atoms with van der Waals surface area (Å²) in [7, 11) is 0. The van der Waals surface area contributed by atoms with Crippen molar-refractivity contribution in [2.75, 3.05) is 17.2 Å². The summed E-state index contributed by atoms with van der Waals surface area (Å²) in [6.45, 7) is 0.345. The average Bonchev–Trinajstić information content (AvgIpc) is 2.69. The van der Waals surface area contributed by atoms with E-state index in [0.717, 1.165) is 0 Å². The molecule has 1 aromatic carbocycles. The van der Waals surface area contributed by atoms with E-state index in [1.807, 2.05) is 0 Å². The van der Waals surface area contributed by atoms with Crippen LogP contribution in [-0.4, -0.2) is 24.6 Å². The molecule has 0 saturated carbocycles. The van der Waals surface area contributed by atoms with Gasteiger partial charge in [0.25, 0.3) is 0 Å². The zero-order valence-corrected chi connectivity index (χ0v) is 12.6. The molecule has 1 fully saturated rings. The molecule has 1 aromatic rings. The van der Waals surface area contributed by atoms with Crippen LogP contribution in [0.5, 0.6) is 5.75 Å². The highest BCUT2D eigenvalue weighted by Crippen LogP contribution is 2.38. The van der Waals surface area contributed by atoms with Crippen LogP contribution in [0.15, 0.2) is 22.7 Å². The molecule has 1 unspecified atom stereocenters. The molecule has 1 aliphatic heterocycles. The molecule has 3 nitrogen and oxygen atoms in total. The molecule has 2 rings (SSSR count). The van der Waals surface area contributed by atoms with E-state index in [0.29, 0.717) is 16.8 Å². The molecular formula is C12H11BrF3NO2S. The van der Waals surface area contributed by atoms with Crippen LogP contribution < -0.4 is 9.64 Å². The van der Waals surface area contributed by atoms with Gasteiger partial charge in [0.05, 0.1) is 5.69 Å². The van der Waals surface area contributed by atoms with Gasteiger partial charge in [-0.15, -0.1) is 13.2 Å². The number of hydrogen-bond donors (Lipinski definition) is 1. The molecule has 0 radical (unpaired) electrons. The third kappa shape index (κ3) is 3.60. The van der Waals surface area contributed by atoms with Crippen LogP contribution in [0.3, 0.4) is 0 Å². The zero-order chi connectivity index (χ0) is 14.9. The molecule has 0 bridgehead atoms. The molecule has 1 atom stereocenters. The Morgan fingerprint density at radius 3 is 2.70 bits per heavy atom. The van der Waals surface area contributed by atoms with Crippen molar-refractivity contribution < 1.29 is 22.7 Å². The highest BCUT2D eigenvalue weighted by Gasteiger charge is 2.36. The van der Waals surface area contributed by atoms with Gasteiger partial charge < -0.3 is 9.64 Å². The summed E-state index contributed by atoms with van der Waals surface area (Å²) in [5.74, 6) is -0.0690. The summed E-state index contributed by atoms with van der Waals surface area (Å²) in [6, 6.07) is 4.20. The normalized spacial score (nSPS) is 19.6. The number of halogens is 4. The first kappa shape index (κ1) is 15.5. The third-order valence-corrected chi connectivity index (χ3v) is 3.91. The molecule has 1 aliphatic rings. The SMILES string of the molecule is O=C1CC(CS)CN1c1ccc(Br)cc1OC(F)(F)F. The maximum atomic E-state index is 12.4. The fraction of sp³-hybridized carbons (Fsp3) is 0.417. The number of rotatable bonds is 3. The van der Waals surface area contributed by atoms with Crippen LogP contribution >= 0.6 is 28.6 Å². The Balaban J connectivity index is 2.34. The lowest BCUT2D eigenvalue weighted by Crippen LogP contribution is -2.27. The molecule has 8 heteroatoms. The number of hydrogen-bond acceptors (Lipinski definition) is 3. The van der Waals surface area contributed by atoms with Crippen LogP contribution in [0.4, 0.5) is 18.9 Å². The van der Waals surface area contributed by atoms with E-state index in [1.54, 1.807) is 6.07 Å². The number of nitrogens with zero attached hydrogens (tertiary/aromatic N) is 1. The minimum Gasteiger partial charge on any atom is -0.404 e. The standard InChI is InChI=1S/C12H11BrF3NO2S/c13-8-1-2-9(10(4-8)19-12(14,15)16)17-5-7(6-20)3-11(17)18/h1-2,4,7,20H,3,5-6H2. The van der Waals surface area contributed by atoms with E-state index in [2.05, 4.69) is 33.3 Å². The summed E-state index contributed by atoms with van der Waals surface area (Å²) in [6.07, 6.45) is -4.52. The highest BCUT2D eigenvalue weighted by atomic mass is 79.9. The summed E-state index contributed by atoms with van der Waals surface area (Å²) < 4.78 is 41.7. The minimum atomic E-state index is -4.80. The summed E-state index contributed by atoms with van der Waals surface area (Å²) >= 11 is 7.21. The Labute approximate surface area is 127 Å². The monoisotopic (exact) mass is 369 g/mol. The molecule has 0 aliphatic carbocycles. The molecule has 110 valence electrons. The van der Waals surface area contributed by atoms with Crippen LogP contribution in [0.2, 0.25) is 0 Å². The van der Waals surface area contributed by atoms with Crippen molar-refractivity contribution >= 4 is 40.2 Å². The van der Waals surface area contributed by atoms with Gasteiger partial charge >= 0.3 is 6.36 Å². The lowest BCUT2D eigenvalue weighted by molar-refractivity contribution is -0.274. The maximum absolute atomic E-state index is 12.4. The van der Waals surface area contributed by atoms with E-state index in [-0.39, 0.29) is 29.7 Å². The number of anilines is 1. The fourth-order valence-corrected chi connectivity index (χ4v) is 2.64. The van der Waals surface area contributed by atoms with Gasteiger partial charge in [-0.25, -0.2) is 0 Å². The second-order valence-corrected chi connectivity index (χ2v) is 5.70. The number of amides is 1. The van der Waals surface area contributed by atoms with Crippen molar-refractivity contribution in [3.8, 4) is 5.75 Å². The van der Waals surface area contributed by atoms with Crippen molar-refractivity contribution in [1.29, 1.82) is 0 Å². The third-order valence-electron chi connectivity index (χ3n) is 2.90. The van der Waals surface area contributed by atoms with Gasteiger partial charge in [-0.2, -0.15) is 12.6 Å². The first-order chi connectivity index (χ1) is 9.30. The van der Waals surface area contributed by atoms with E-state index < -0.39 is 6.36 Å². The fourth-order valence-electron chi connectivity index (χ4n) is 2.05. The van der Waals surface area contributed by atoms with Crippen molar-refractivity contribution in [2.24, 2.45) is 5.92 Å². The number of carbonyl (C=O) groups is 1. The lowest BCUT2D eigenvalue weighted by atomic mass is 10.1. The highest BCUT2D eigenvalue weighted by molar-refractivity contribution is 9.10. The first-order valence-electron chi connectivity index (χ1n) is 5.76. The van der Waals surface area contributed by atoms with Gasteiger partial charge in [-0.05, 0) is 29.9 Å². The van der Waals surface area contributed by atoms with E-state index >= 15 is 0 Å². The van der Waals surface area contributed by atoms with E-state index in [1.165, 1.54) is 17.0 Å². The molecule has 1 amide bonds. The Hall–Kier alpha value is -0.890. The number of benzene rings is 1. The molecule has 1 saturated heterocycles.